The van der Waals surface area contributed by atoms with Crippen molar-refractivity contribution in [3.8, 4) is 17.2 Å². The molecule has 29 heavy (non-hydrogen) atoms. The molecule has 0 atom stereocenters. The SMILES string of the molecule is CCCCc1nc2ccccc2n1Cc1ccc(-c2cc(Cl)ccc2C#N)cc1. The van der Waals surface area contributed by atoms with E-state index in [2.05, 4.69) is 60.0 Å². The van der Waals surface area contributed by atoms with Gasteiger partial charge in [-0.05, 0) is 47.9 Å². The van der Waals surface area contributed by atoms with Crippen LogP contribution in [0.1, 0.15) is 36.7 Å². The molecule has 1 heterocycles. The summed E-state index contributed by atoms with van der Waals surface area (Å²) in [6.07, 6.45) is 3.27. The van der Waals surface area contributed by atoms with E-state index in [4.69, 9.17) is 16.6 Å². The molecule has 0 amide bonds. The van der Waals surface area contributed by atoms with Crippen molar-refractivity contribution in [2.45, 2.75) is 32.7 Å². The molecule has 0 aliphatic rings. The van der Waals surface area contributed by atoms with Gasteiger partial charge in [-0.3, -0.25) is 0 Å². The van der Waals surface area contributed by atoms with Crippen molar-refractivity contribution in [2.75, 3.05) is 0 Å². The summed E-state index contributed by atoms with van der Waals surface area (Å²) in [5.74, 6) is 1.14. The summed E-state index contributed by atoms with van der Waals surface area (Å²) in [7, 11) is 0. The van der Waals surface area contributed by atoms with Gasteiger partial charge in [-0.2, -0.15) is 5.26 Å². The molecule has 4 aromatic rings. The minimum absolute atomic E-state index is 0.629. The number of hydrogen-bond acceptors (Lipinski definition) is 2. The van der Waals surface area contributed by atoms with Gasteiger partial charge in [0.1, 0.15) is 5.82 Å². The van der Waals surface area contributed by atoms with Crippen molar-refractivity contribution in [3.63, 3.8) is 0 Å². The number of imidazole rings is 1. The zero-order valence-corrected chi connectivity index (χ0v) is 17.2. The first kappa shape index (κ1) is 19.2. The number of unbranched alkanes of at least 4 members (excludes halogenated alkanes) is 1. The second-order valence-corrected chi connectivity index (χ2v) is 7.64. The maximum Gasteiger partial charge on any atom is 0.110 e. The summed E-state index contributed by atoms with van der Waals surface area (Å²) in [5.41, 5.74) is 5.91. The molecule has 0 saturated carbocycles. The number of hydrogen-bond donors (Lipinski definition) is 0. The monoisotopic (exact) mass is 399 g/mol. The van der Waals surface area contributed by atoms with Crippen molar-refractivity contribution < 1.29 is 0 Å². The molecule has 0 saturated heterocycles. The number of benzene rings is 3. The molecule has 3 nitrogen and oxygen atoms in total. The van der Waals surface area contributed by atoms with Crippen LogP contribution in [0.25, 0.3) is 22.2 Å². The first-order valence-electron chi connectivity index (χ1n) is 9.92. The van der Waals surface area contributed by atoms with Crippen LogP contribution in [0, 0.1) is 11.3 Å². The molecule has 4 heteroatoms. The van der Waals surface area contributed by atoms with E-state index in [9.17, 15) is 5.26 Å². The summed E-state index contributed by atoms with van der Waals surface area (Å²) >= 11 is 6.14. The number of fused-ring (bicyclic) bond motifs is 1. The Bertz CT molecular complexity index is 1180. The van der Waals surface area contributed by atoms with Gasteiger partial charge in [0, 0.05) is 23.6 Å². The van der Waals surface area contributed by atoms with Gasteiger partial charge in [-0.25, -0.2) is 4.98 Å². The van der Waals surface area contributed by atoms with Crippen molar-refractivity contribution in [1.29, 1.82) is 5.26 Å². The van der Waals surface area contributed by atoms with Gasteiger partial charge in [-0.15, -0.1) is 0 Å². The second-order valence-electron chi connectivity index (χ2n) is 7.21. The summed E-state index contributed by atoms with van der Waals surface area (Å²) in [4.78, 5) is 4.86. The smallest absolute Gasteiger partial charge is 0.110 e. The van der Waals surface area contributed by atoms with Crippen molar-refractivity contribution in [2.24, 2.45) is 0 Å². The fourth-order valence-corrected chi connectivity index (χ4v) is 3.82. The maximum absolute atomic E-state index is 9.40. The third-order valence-corrected chi connectivity index (χ3v) is 5.43. The topological polar surface area (TPSA) is 41.6 Å². The lowest BCUT2D eigenvalue weighted by molar-refractivity contribution is 0.690. The lowest BCUT2D eigenvalue weighted by atomic mass is 9.99. The molecule has 0 N–H and O–H groups in total. The second kappa shape index (κ2) is 8.51. The van der Waals surface area contributed by atoms with E-state index in [1.165, 1.54) is 11.1 Å². The van der Waals surface area contributed by atoms with Crippen LogP contribution in [0.2, 0.25) is 5.02 Å². The molecule has 4 rings (SSSR count). The highest BCUT2D eigenvalue weighted by molar-refractivity contribution is 6.30. The first-order chi connectivity index (χ1) is 14.2. The average molecular weight is 400 g/mol. The fraction of sp³-hybridized carbons (Fsp3) is 0.200. The Morgan fingerprint density at radius 1 is 1.03 bits per heavy atom. The Morgan fingerprint density at radius 2 is 1.83 bits per heavy atom. The van der Waals surface area contributed by atoms with Crippen LogP contribution in [0.5, 0.6) is 0 Å². The van der Waals surface area contributed by atoms with Crippen molar-refractivity contribution in [1.82, 2.24) is 9.55 Å². The van der Waals surface area contributed by atoms with Crippen molar-refractivity contribution >= 4 is 22.6 Å². The van der Waals surface area contributed by atoms with E-state index in [-0.39, 0.29) is 0 Å². The third-order valence-electron chi connectivity index (χ3n) is 5.20. The average Bonchev–Trinajstić information content (AvgIpc) is 3.10. The molecule has 1 aromatic heterocycles. The molecule has 0 unspecified atom stereocenters. The number of aromatic nitrogens is 2. The van der Waals surface area contributed by atoms with Crippen LogP contribution < -0.4 is 0 Å². The molecule has 3 aromatic carbocycles. The van der Waals surface area contributed by atoms with E-state index < -0.39 is 0 Å². The minimum Gasteiger partial charge on any atom is -0.323 e. The summed E-state index contributed by atoms with van der Waals surface area (Å²) < 4.78 is 2.32. The van der Waals surface area contributed by atoms with Crippen LogP contribution in [-0.2, 0) is 13.0 Å². The van der Waals surface area contributed by atoms with Gasteiger partial charge < -0.3 is 4.57 Å². The van der Waals surface area contributed by atoms with Crippen LogP contribution in [0.4, 0.5) is 0 Å². The molecule has 0 radical (unpaired) electrons. The standard InChI is InChI=1S/C25H22ClN3/c1-2-3-8-25-28-23-6-4-5-7-24(23)29(25)17-18-9-11-19(12-10-18)22-15-21(26)14-13-20(22)16-27/h4-7,9-15H,2-3,8,17H2,1H3. The molecular weight excluding hydrogens is 378 g/mol. The van der Waals surface area contributed by atoms with E-state index >= 15 is 0 Å². The number of nitrogens with zero attached hydrogens (tertiary/aromatic N) is 3. The van der Waals surface area contributed by atoms with E-state index in [0.717, 1.165) is 48.3 Å². The summed E-state index contributed by atoms with van der Waals surface area (Å²) in [6.45, 7) is 2.98. The summed E-state index contributed by atoms with van der Waals surface area (Å²) in [5, 5.41) is 10.0. The molecule has 144 valence electrons. The molecule has 0 spiro atoms. The normalized spacial score (nSPS) is 10.9. The highest BCUT2D eigenvalue weighted by Gasteiger charge is 2.11. The van der Waals surface area contributed by atoms with Gasteiger partial charge in [0.25, 0.3) is 0 Å². The fourth-order valence-electron chi connectivity index (χ4n) is 3.65. The summed E-state index contributed by atoms with van der Waals surface area (Å²) in [6, 6.07) is 24.3. The van der Waals surface area contributed by atoms with E-state index in [1.54, 1.807) is 12.1 Å². The van der Waals surface area contributed by atoms with Crippen LogP contribution in [0.3, 0.4) is 0 Å². The van der Waals surface area contributed by atoms with Gasteiger partial charge in [0.15, 0.2) is 0 Å². The maximum atomic E-state index is 9.40. The number of para-hydroxylation sites is 2. The first-order valence-corrected chi connectivity index (χ1v) is 10.3. The largest absolute Gasteiger partial charge is 0.323 e. The predicted octanol–water partition coefficient (Wildman–Crippen LogP) is 6.62. The highest BCUT2D eigenvalue weighted by Crippen LogP contribution is 2.27. The van der Waals surface area contributed by atoms with Crippen LogP contribution in [0.15, 0.2) is 66.7 Å². The Kier molecular flexibility index (Phi) is 5.64. The molecule has 0 fully saturated rings. The highest BCUT2D eigenvalue weighted by atomic mass is 35.5. The molecule has 0 bridgehead atoms. The number of nitriles is 1. The molecule has 0 aliphatic carbocycles. The van der Waals surface area contributed by atoms with E-state index in [1.807, 2.05) is 12.1 Å². The quantitative estimate of drug-likeness (QED) is 0.365. The molecular formula is C25H22ClN3. The molecule has 0 aliphatic heterocycles. The van der Waals surface area contributed by atoms with Gasteiger partial charge in [0.2, 0.25) is 0 Å². The van der Waals surface area contributed by atoms with Gasteiger partial charge >= 0.3 is 0 Å². The van der Waals surface area contributed by atoms with Gasteiger partial charge in [-0.1, -0.05) is 61.3 Å². The number of aryl methyl sites for hydroxylation is 1. The number of halogens is 1. The Morgan fingerprint density at radius 3 is 2.59 bits per heavy atom. The third kappa shape index (κ3) is 4.04. The lowest BCUT2D eigenvalue weighted by Gasteiger charge is -2.11. The zero-order valence-electron chi connectivity index (χ0n) is 16.4. The van der Waals surface area contributed by atoms with Crippen LogP contribution in [-0.4, -0.2) is 9.55 Å². The van der Waals surface area contributed by atoms with Crippen molar-refractivity contribution in [3.05, 3.63) is 88.7 Å². The minimum atomic E-state index is 0.629. The predicted molar refractivity (Wildman–Crippen MR) is 119 cm³/mol. The Hall–Kier alpha value is -3.09. The van der Waals surface area contributed by atoms with Crippen LogP contribution >= 0.6 is 11.6 Å². The lowest BCUT2D eigenvalue weighted by Crippen LogP contribution is -2.05. The van der Waals surface area contributed by atoms with E-state index in [0.29, 0.717) is 10.6 Å². The number of rotatable bonds is 6. The van der Waals surface area contributed by atoms with Gasteiger partial charge in [0.05, 0.1) is 22.7 Å². The Labute approximate surface area is 176 Å². The zero-order chi connectivity index (χ0) is 20.2. The Balaban J connectivity index is 1.66.